The van der Waals surface area contributed by atoms with Crippen LogP contribution in [0, 0.1) is 17.7 Å². The normalized spacial score (nSPS) is 19.7. The number of benzene rings is 2. The second-order valence-electron chi connectivity index (χ2n) is 8.42. The molecule has 2 aromatic carbocycles. The molecule has 0 aromatic heterocycles. The Balaban J connectivity index is 1.43. The first kappa shape index (κ1) is 22.3. The van der Waals surface area contributed by atoms with Crippen LogP contribution in [0.3, 0.4) is 0 Å². The Bertz CT molecular complexity index is 1040. The standard InChI is InChI=1S/C25H26ClFN2O3/c1-3-24(30)28-12-18-14-29(15-19(18)13-28)25(31)8-7-17-10-21(22(26)11-23(17)32-2)16-5-4-6-20(27)9-16/h3-6,9-11,18-19H,1,7-8,12-15H2,2H3. The summed E-state index contributed by atoms with van der Waals surface area (Å²) >= 11 is 6.42. The highest BCUT2D eigenvalue weighted by Gasteiger charge is 2.42. The van der Waals surface area contributed by atoms with Gasteiger partial charge in [0.25, 0.3) is 0 Å². The highest BCUT2D eigenvalue weighted by molar-refractivity contribution is 6.33. The predicted molar refractivity (Wildman–Crippen MR) is 122 cm³/mol. The third-order valence-electron chi connectivity index (χ3n) is 6.44. The Labute approximate surface area is 192 Å². The minimum atomic E-state index is -0.334. The molecule has 2 aliphatic rings. The van der Waals surface area contributed by atoms with Crippen LogP contribution < -0.4 is 4.74 Å². The van der Waals surface area contributed by atoms with Crippen molar-refractivity contribution in [1.82, 2.24) is 9.80 Å². The van der Waals surface area contributed by atoms with Gasteiger partial charge in [-0.2, -0.15) is 0 Å². The van der Waals surface area contributed by atoms with E-state index in [4.69, 9.17) is 16.3 Å². The van der Waals surface area contributed by atoms with E-state index in [2.05, 4.69) is 6.58 Å². The third-order valence-corrected chi connectivity index (χ3v) is 6.75. The second kappa shape index (κ2) is 9.33. The second-order valence-corrected chi connectivity index (χ2v) is 8.83. The summed E-state index contributed by atoms with van der Waals surface area (Å²) < 4.78 is 19.2. The molecule has 7 heteroatoms. The Morgan fingerprint density at radius 2 is 1.84 bits per heavy atom. The predicted octanol–water partition coefficient (Wildman–Crippen LogP) is 4.19. The number of ether oxygens (including phenoxy) is 1. The smallest absolute Gasteiger partial charge is 0.245 e. The van der Waals surface area contributed by atoms with Crippen LogP contribution >= 0.6 is 11.6 Å². The Morgan fingerprint density at radius 1 is 1.16 bits per heavy atom. The zero-order valence-electron chi connectivity index (χ0n) is 18.0. The molecule has 2 fully saturated rings. The molecule has 2 atom stereocenters. The minimum Gasteiger partial charge on any atom is -0.496 e. The Kier molecular flexibility index (Phi) is 6.51. The molecule has 2 unspecified atom stereocenters. The first-order chi connectivity index (χ1) is 15.4. The van der Waals surface area contributed by atoms with E-state index in [9.17, 15) is 14.0 Å². The molecule has 0 bridgehead atoms. The number of carbonyl (C=O) groups is 2. The highest BCUT2D eigenvalue weighted by Crippen LogP contribution is 2.36. The Hall–Kier alpha value is -2.86. The maximum atomic E-state index is 13.7. The summed E-state index contributed by atoms with van der Waals surface area (Å²) in [7, 11) is 1.57. The molecule has 0 saturated carbocycles. The fourth-order valence-corrected chi connectivity index (χ4v) is 5.03. The first-order valence-electron chi connectivity index (χ1n) is 10.7. The largest absolute Gasteiger partial charge is 0.496 e. The van der Waals surface area contributed by atoms with Crippen LogP contribution in [0.1, 0.15) is 12.0 Å². The monoisotopic (exact) mass is 456 g/mol. The molecule has 4 rings (SSSR count). The van der Waals surface area contributed by atoms with Gasteiger partial charge in [-0.15, -0.1) is 0 Å². The molecule has 2 aromatic rings. The van der Waals surface area contributed by atoms with Gasteiger partial charge in [0, 0.05) is 50.0 Å². The van der Waals surface area contributed by atoms with E-state index in [0.717, 1.165) is 5.56 Å². The number of halogens is 2. The first-order valence-corrected chi connectivity index (χ1v) is 11.1. The van der Waals surface area contributed by atoms with E-state index in [-0.39, 0.29) is 17.6 Å². The van der Waals surface area contributed by atoms with E-state index in [1.54, 1.807) is 25.3 Å². The van der Waals surface area contributed by atoms with Crippen LogP contribution in [0.15, 0.2) is 49.1 Å². The molecule has 2 saturated heterocycles. The molecular weight excluding hydrogens is 431 g/mol. The lowest BCUT2D eigenvalue weighted by Crippen LogP contribution is -2.35. The number of fused-ring (bicyclic) bond motifs is 1. The van der Waals surface area contributed by atoms with Gasteiger partial charge < -0.3 is 14.5 Å². The van der Waals surface area contributed by atoms with Gasteiger partial charge >= 0.3 is 0 Å². The van der Waals surface area contributed by atoms with Gasteiger partial charge in [-0.3, -0.25) is 9.59 Å². The summed E-state index contributed by atoms with van der Waals surface area (Å²) in [6.07, 6.45) is 2.19. The number of amides is 2. The van der Waals surface area contributed by atoms with E-state index in [1.807, 2.05) is 15.9 Å². The quantitative estimate of drug-likeness (QED) is 0.612. The summed E-state index contributed by atoms with van der Waals surface area (Å²) in [5.41, 5.74) is 2.24. The molecule has 5 nitrogen and oxygen atoms in total. The molecule has 32 heavy (non-hydrogen) atoms. The van der Waals surface area contributed by atoms with Gasteiger partial charge in [0.15, 0.2) is 0 Å². The number of aryl methyl sites for hydroxylation is 1. The number of carbonyl (C=O) groups excluding carboxylic acids is 2. The van der Waals surface area contributed by atoms with Crippen molar-refractivity contribution >= 4 is 23.4 Å². The summed E-state index contributed by atoms with van der Waals surface area (Å²) in [5.74, 6) is 0.977. The topological polar surface area (TPSA) is 49.9 Å². The van der Waals surface area contributed by atoms with Gasteiger partial charge in [-0.1, -0.05) is 30.3 Å². The van der Waals surface area contributed by atoms with Crippen molar-refractivity contribution in [3.8, 4) is 16.9 Å². The average Bonchev–Trinajstić information content (AvgIpc) is 3.36. The molecular formula is C25H26ClFN2O3. The Morgan fingerprint density at radius 3 is 2.47 bits per heavy atom. The van der Waals surface area contributed by atoms with Crippen molar-refractivity contribution < 1.29 is 18.7 Å². The lowest BCUT2D eigenvalue weighted by atomic mass is 9.99. The fourth-order valence-electron chi connectivity index (χ4n) is 4.77. The van der Waals surface area contributed by atoms with Crippen molar-refractivity contribution in [2.45, 2.75) is 12.8 Å². The zero-order valence-corrected chi connectivity index (χ0v) is 18.8. The average molecular weight is 457 g/mol. The van der Waals surface area contributed by atoms with Crippen molar-refractivity contribution in [1.29, 1.82) is 0 Å². The molecule has 2 amide bonds. The van der Waals surface area contributed by atoms with Crippen LogP contribution in [0.2, 0.25) is 5.02 Å². The van der Waals surface area contributed by atoms with Crippen LogP contribution in [0.4, 0.5) is 4.39 Å². The van der Waals surface area contributed by atoms with E-state index in [0.29, 0.717) is 72.8 Å². The molecule has 168 valence electrons. The maximum Gasteiger partial charge on any atom is 0.245 e. The number of nitrogens with zero attached hydrogens (tertiary/aromatic N) is 2. The SMILES string of the molecule is C=CC(=O)N1CC2CN(C(=O)CCc3cc(-c4cccc(F)c4)c(Cl)cc3OC)CC2C1. The number of hydrogen-bond donors (Lipinski definition) is 0. The molecule has 0 spiro atoms. The molecule has 0 aliphatic carbocycles. The summed E-state index contributed by atoms with van der Waals surface area (Å²) in [4.78, 5) is 28.5. The van der Waals surface area contributed by atoms with Gasteiger partial charge in [0.1, 0.15) is 11.6 Å². The van der Waals surface area contributed by atoms with Crippen LogP contribution in [0.5, 0.6) is 5.75 Å². The van der Waals surface area contributed by atoms with E-state index in [1.165, 1.54) is 18.2 Å². The van der Waals surface area contributed by atoms with Crippen LogP contribution in [-0.2, 0) is 16.0 Å². The lowest BCUT2D eigenvalue weighted by molar-refractivity contribution is -0.130. The maximum absolute atomic E-state index is 13.7. The fraction of sp³-hybridized carbons (Fsp3) is 0.360. The zero-order chi connectivity index (χ0) is 22.8. The van der Waals surface area contributed by atoms with Gasteiger partial charge in [-0.05, 0) is 47.9 Å². The molecule has 0 N–H and O–H groups in total. The van der Waals surface area contributed by atoms with Crippen molar-refractivity contribution in [2.24, 2.45) is 11.8 Å². The number of likely N-dealkylation sites (tertiary alicyclic amines) is 2. The van der Waals surface area contributed by atoms with Crippen molar-refractivity contribution in [2.75, 3.05) is 33.3 Å². The van der Waals surface area contributed by atoms with E-state index >= 15 is 0 Å². The van der Waals surface area contributed by atoms with Crippen molar-refractivity contribution in [3.63, 3.8) is 0 Å². The molecule has 2 aliphatic heterocycles. The summed E-state index contributed by atoms with van der Waals surface area (Å²) in [6.45, 7) is 6.27. The summed E-state index contributed by atoms with van der Waals surface area (Å²) in [5, 5.41) is 0.466. The number of hydrogen-bond acceptors (Lipinski definition) is 3. The van der Waals surface area contributed by atoms with Gasteiger partial charge in [0.05, 0.1) is 12.1 Å². The van der Waals surface area contributed by atoms with E-state index < -0.39 is 0 Å². The third kappa shape index (κ3) is 4.51. The summed E-state index contributed by atoms with van der Waals surface area (Å²) in [6, 6.07) is 9.86. The number of rotatable bonds is 6. The molecule has 0 radical (unpaired) electrons. The van der Waals surface area contributed by atoms with Gasteiger partial charge in [0.2, 0.25) is 11.8 Å². The highest BCUT2D eigenvalue weighted by atomic mass is 35.5. The van der Waals surface area contributed by atoms with Crippen molar-refractivity contribution in [3.05, 3.63) is 65.5 Å². The van der Waals surface area contributed by atoms with Gasteiger partial charge in [-0.25, -0.2) is 4.39 Å². The minimum absolute atomic E-state index is 0.0405. The van der Waals surface area contributed by atoms with Crippen LogP contribution in [0.25, 0.3) is 11.1 Å². The molecule has 2 heterocycles. The number of methoxy groups -OCH3 is 1. The lowest BCUT2D eigenvalue weighted by Gasteiger charge is -2.21. The van der Waals surface area contributed by atoms with Crippen LogP contribution in [-0.4, -0.2) is 54.9 Å².